The van der Waals surface area contributed by atoms with Gasteiger partial charge in [-0.1, -0.05) is 31.1 Å². The monoisotopic (exact) mass is 331 g/mol. The highest BCUT2D eigenvalue weighted by atomic mass is 19.1. The van der Waals surface area contributed by atoms with Gasteiger partial charge in [-0.15, -0.1) is 0 Å². The van der Waals surface area contributed by atoms with Gasteiger partial charge < -0.3 is 4.52 Å². The number of nitrogens with zero attached hydrogens (tertiary/aromatic N) is 3. The molecule has 5 heteroatoms. The van der Waals surface area contributed by atoms with Gasteiger partial charge in [-0.3, -0.25) is 4.90 Å². The molecular formula is C19H26FN3O. The molecule has 1 saturated heterocycles. The summed E-state index contributed by atoms with van der Waals surface area (Å²) in [4.78, 5) is 6.85. The molecule has 1 aliphatic rings. The molecule has 0 N–H and O–H groups in total. The third kappa shape index (κ3) is 4.87. The van der Waals surface area contributed by atoms with E-state index in [0.717, 1.165) is 56.7 Å². The van der Waals surface area contributed by atoms with Crippen LogP contribution >= 0.6 is 0 Å². The van der Waals surface area contributed by atoms with Crippen LogP contribution in [0, 0.1) is 17.7 Å². The third-order valence-corrected chi connectivity index (χ3v) is 4.58. The van der Waals surface area contributed by atoms with E-state index in [1.54, 1.807) is 12.1 Å². The van der Waals surface area contributed by atoms with Crippen molar-refractivity contribution in [2.45, 2.75) is 46.1 Å². The quantitative estimate of drug-likeness (QED) is 0.806. The Hall–Kier alpha value is -1.75. The molecule has 3 rings (SSSR count). The van der Waals surface area contributed by atoms with Crippen molar-refractivity contribution >= 4 is 0 Å². The average Bonchev–Trinajstić information content (AvgIpc) is 2.95. The molecule has 4 nitrogen and oxygen atoms in total. The number of piperidine rings is 1. The molecule has 1 aliphatic heterocycles. The minimum absolute atomic E-state index is 0.140. The van der Waals surface area contributed by atoms with Crippen LogP contribution in [0.25, 0.3) is 0 Å². The first kappa shape index (κ1) is 17.1. The standard InChI is InChI=1S/C19H26FN3O/c1-14(2)10-18-21-19(24-22-18)13-23-8-6-15(7-9-23)11-16-4-3-5-17(20)12-16/h3-5,12,14-15H,6-11,13H2,1-2H3. The fraction of sp³-hybridized carbons (Fsp3) is 0.579. The van der Waals surface area contributed by atoms with Crippen LogP contribution < -0.4 is 0 Å². The Balaban J connectivity index is 1.46. The zero-order valence-corrected chi connectivity index (χ0v) is 14.5. The molecule has 0 bridgehead atoms. The summed E-state index contributed by atoms with van der Waals surface area (Å²) in [5.41, 5.74) is 1.10. The maximum atomic E-state index is 13.3. The van der Waals surface area contributed by atoms with Gasteiger partial charge in [0.2, 0.25) is 5.89 Å². The van der Waals surface area contributed by atoms with Crippen molar-refractivity contribution in [3.05, 3.63) is 47.4 Å². The maximum absolute atomic E-state index is 13.3. The Morgan fingerprint density at radius 3 is 2.79 bits per heavy atom. The fourth-order valence-corrected chi connectivity index (χ4v) is 3.34. The van der Waals surface area contributed by atoms with Gasteiger partial charge in [0.15, 0.2) is 5.82 Å². The summed E-state index contributed by atoms with van der Waals surface area (Å²) < 4.78 is 18.6. The number of likely N-dealkylation sites (tertiary alicyclic amines) is 1. The first-order valence-corrected chi connectivity index (χ1v) is 8.86. The Kier molecular flexibility index (Phi) is 5.61. The summed E-state index contributed by atoms with van der Waals surface area (Å²) in [5.74, 6) is 2.55. The Morgan fingerprint density at radius 1 is 1.29 bits per heavy atom. The highest BCUT2D eigenvalue weighted by Gasteiger charge is 2.21. The summed E-state index contributed by atoms with van der Waals surface area (Å²) in [5, 5.41) is 4.05. The SMILES string of the molecule is CC(C)Cc1noc(CN2CCC(Cc3cccc(F)c3)CC2)n1. The van der Waals surface area contributed by atoms with E-state index < -0.39 is 0 Å². The molecule has 0 unspecified atom stereocenters. The summed E-state index contributed by atoms with van der Waals surface area (Å²) in [7, 11) is 0. The molecule has 1 fully saturated rings. The topological polar surface area (TPSA) is 42.2 Å². The van der Waals surface area contributed by atoms with Gasteiger partial charge in [0.25, 0.3) is 0 Å². The predicted molar refractivity (Wildman–Crippen MR) is 90.9 cm³/mol. The second-order valence-electron chi connectivity index (χ2n) is 7.26. The third-order valence-electron chi connectivity index (χ3n) is 4.58. The summed E-state index contributed by atoms with van der Waals surface area (Å²) >= 11 is 0. The van der Waals surface area contributed by atoms with E-state index in [1.807, 2.05) is 6.07 Å². The molecule has 0 saturated carbocycles. The lowest BCUT2D eigenvalue weighted by Gasteiger charge is -2.31. The van der Waals surface area contributed by atoms with Crippen LogP contribution in [0.1, 0.15) is 44.0 Å². The van der Waals surface area contributed by atoms with Crippen LogP contribution in [0.5, 0.6) is 0 Å². The van der Waals surface area contributed by atoms with E-state index in [4.69, 9.17) is 4.52 Å². The zero-order chi connectivity index (χ0) is 16.9. The lowest BCUT2D eigenvalue weighted by molar-refractivity contribution is 0.158. The van der Waals surface area contributed by atoms with E-state index in [0.29, 0.717) is 17.7 Å². The van der Waals surface area contributed by atoms with Crippen molar-refractivity contribution in [2.24, 2.45) is 11.8 Å². The van der Waals surface area contributed by atoms with Crippen LogP contribution in [0.2, 0.25) is 0 Å². The van der Waals surface area contributed by atoms with Crippen molar-refractivity contribution in [1.29, 1.82) is 0 Å². The second-order valence-corrected chi connectivity index (χ2v) is 7.26. The average molecular weight is 331 g/mol. The molecule has 0 aliphatic carbocycles. The second kappa shape index (κ2) is 7.88. The lowest BCUT2D eigenvalue weighted by Crippen LogP contribution is -2.34. The number of hydrogen-bond donors (Lipinski definition) is 0. The maximum Gasteiger partial charge on any atom is 0.240 e. The molecule has 1 aromatic heterocycles. The van der Waals surface area contributed by atoms with Crippen LogP contribution in [0.15, 0.2) is 28.8 Å². The van der Waals surface area contributed by atoms with Crippen molar-refractivity contribution in [3.63, 3.8) is 0 Å². The molecule has 0 atom stereocenters. The van der Waals surface area contributed by atoms with Gasteiger partial charge >= 0.3 is 0 Å². The predicted octanol–water partition coefficient (Wildman–Crippen LogP) is 3.86. The van der Waals surface area contributed by atoms with E-state index in [1.165, 1.54) is 6.07 Å². The van der Waals surface area contributed by atoms with Crippen LogP contribution in [0.4, 0.5) is 4.39 Å². The van der Waals surface area contributed by atoms with Gasteiger partial charge in [-0.25, -0.2) is 4.39 Å². The van der Waals surface area contributed by atoms with Gasteiger partial charge in [-0.05, 0) is 61.9 Å². The smallest absolute Gasteiger partial charge is 0.240 e. The number of rotatable bonds is 6. The molecule has 2 aromatic rings. The van der Waals surface area contributed by atoms with Gasteiger partial charge in [0, 0.05) is 6.42 Å². The largest absolute Gasteiger partial charge is 0.338 e. The summed E-state index contributed by atoms with van der Waals surface area (Å²) in [6, 6.07) is 6.97. The minimum Gasteiger partial charge on any atom is -0.338 e. The molecule has 0 radical (unpaired) electrons. The van der Waals surface area contributed by atoms with Crippen molar-refractivity contribution in [3.8, 4) is 0 Å². The van der Waals surface area contributed by atoms with E-state index in [2.05, 4.69) is 28.9 Å². The normalized spacial score (nSPS) is 16.8. The number of aromatic nitrogens is 2. The molecule has 2 heterocycles. The summed E-state index contributed by atoms with van der Waals surface area (Å²) in [6.45, 7) is 7.10. The van der Waals surface area contributed by atoms with Crippen molar-refractivity contribution in [1.82, 2.24) is 15.0 Å². The highest BCUT2D eigenvalue weighted by Crippen LogP contribution is 2.23. The molecule has 0 spiro atoms. The van der Waals surface area contributed by atoms with E-state index >= 15 is 0 Å². The van der Waals surface area contributed by atoms with E-state index in [-0.39, 0.29) is 5.82 Å². The van der Waals surface area contributed by atoms with Crippen LogP contribution in [0.3, 0.4) is 0 Å². The fourth-order valence-electron chi connectivity index (χ4n) is 3.34. The Bertz CT molecular complexity index is 648. The number of benzene rings is 1. The highest BCUT2D eigenvalue weighted by molar-refractivity contribution is 5.17. The minimum atomic E-state index is -0.140. The zero-order valence-electron chi connectivity index (χ0n) is 14.5. The molecule has 0 amide bonds. The molecule has 130 valence electrons. The van der Waals surface area contributed by atoms with Crippen LogP contribution in [-0.2, 0) is 19.4 Å². The summed E-state index contributed by atoms with van der Waals surface area (Å²) in [6.07, 6.45) is 4.08. The van der Waals surface area contributed by atoms with Crippen molar-refractivity contribution < 1.29 is 8.91 Å². The number of halogens is 1. The van der Waals surface area contributed by atoms with Crippen LogP contribution in [-0.4, -0.2) is 28.1 Å². The van der Waals surface area contributed by atoms with E-state index in [9.17, 15) is 4.39 Å². The molecule has 1 aromatic carbocycles. The molecular weight excluding hydrogens is 305 g/mol. The van der Waals surface area contributed by atoms with Gasteiger partial charge in [0.1, 0.15) is 5.82 Å². The van der Waals surface area contributed by atoms with Gasteiger partial charge in [-0.2, -0.15) is 4.98 Å². The Morgan fingerprint density at radius 2 is 2.08 bits per heavy atom. The van der Waals surface area contributed by atoms with Gasteiger partial charge in [0.05, 0.1) is 6.54 Å². The lowest BCUT2D eigenvalue weighted by atomic mass is 9.90. The first-order chi connectivity index (χ1) is 11.6. The Labute approximate surface area is 143 Å². The first-order valence-electron chi connectivity index (χ1n) is 8.86. The van der Waals surface area contributed by atoms with Crippen molar-refractivity contribution in [2.75, 3.05) is 13.1 Å². The molecule has 24 heavy (non-hydrogen) atoms. The number of hydrogen-bond acceptors (Lipinski definition) is 4.